The lowest BCUT2D eigenvalue weighted by atomic mass is 9.80. The number of sulfonamides is 1. The second-order valence-corrected chi connectivity index (χ2v) is 9.23. The van der Waals surface area contributed by atoms with Crippen molar-refractivity contribution in [3.05, 3.63) is 46.2 Å². The maximum Gasteiger partial charge on any atom is 0.246 e. The summed E-state index contributed by atoms with van der Waals surface area (Å²) in [5.41, 5.74) is 1.44. The molecule has 2 aromatic rings. The van der Waals surface area contributed by atoms with Gasteiger partial charge >= 0.3 is 0 Å². The highest BCUT2D eigenvalue weighted by Crippen LogP contribution is 2.38. The van der Waals surface area contributed by atoms with Crippen LogP contribution in [0.3, 0.4) is 0 Å². The summed E-state index contributed by atoms with van der Waals surface area (Å²) < 4.78 is 54.7. The van der Waals surface area contributed by atoms with Crippen LogP contribution in [-0.2, 0) is 10.0 Å². The van der Waals surface area contributed by atoms with Crippen molar-refractivity contribution in [3.63, 3.8) is 0 Å². The highest BCUT2D eigenvalue weighted by molar-refractivity contribution is 7.89. The van der Waals surface area contributed by atoms with Crippen molar-refractivity contribution < 1.29 is 17.2 Å². The van der Waals surface area contributed by atoms with Gasteiger partial charge in [0, 0.05) is 24.0 Å². The molecule has 1 fully saturated rings. The van der Waals surface area contributed by atoms with Gasteiger partial charge in [0.05, 0.1) is 11.4 Å². The van der Waals surface area contributed by atoms with Gasteiger partial charge in [-0.25, -0.2) is 17.2 Å². The highest BCUT2D eigenvalue weighted by atomic mass is 35.5. The Bertz CT molecular complexity index is 872. The molecular weight excluding hydrogens is 396 g/mol. The molecule has 148 valence electrons. The van der Waals surface area contributed by atoms with Crippen molar-refractivity contribution in [1.29, 1.82) is 0 Å². The van der Waals surface area contributed by atoms with Crippen LogP contribution in [0.5, 0.6) is 0 Å². The van der Waals surface area contributed by atoms with E-state index >= 15 is 0 Å². The molecule has 3 rings (SSSR count). The monoisotopic (exact) mass is 417 g/mol. The smallest absolute Gasteiger partial charge is 0.246 e. The zero-order valence-corrected chi connectivity index (χ0v) is 16.7. The minimum Gasteiger partial charge on any atom is -0.281 e. The van der Waals surface area contributed by atoms with Crippen molar-refractivity contribution in [2.75, 3.05) is 13.1 Å². The van der Waals surface area contributed by atoms with E-state index in [1.165, 1.54) is 4.31 Å². The van der Waals surface area contributed by atoms with Crippen molar-refractivity contribution >= 4 is 21.6 Å². The molecule has 0 radical (unpaired) electrons. The number of aromatic nitrogens is 2. The van der Waals surface area contributed by atoms with E-state index in [-0.39, 0.29) is 23.9 Å². The van der Waals surface area contributed by atoms with Crippen molar-refractivity contribution in [2.45, 2.75) is 43.9 Å². The quantitative estimate of drug-likeness (QED) is 0.795. The first-order chi connectivity index (χ1) is 12.7. The van der Waals surface area contributed by atoms with Crippen LogP contribution in [0.2, 0.25) is 5.02 Å². The maximum atomic E-state index is 13.8. The fraction of sp³-hybridized carbons (Fsp3) is 0.500. The van der Waals surface area contributed by atoms with E-state index in [1.807, 2.05) is 0 Å². The summed E-state index contributed by atoms with van der Waals surface area (Å²) in [5.74, 6) is -1.21. The van der Waals surface area contributed by atoms with E-state index < -0.39 is 22.4 Å². The molecule has 0 spiro atoms. The number of piperidine rings is 1. The average Bonchev–Trinajstić information content (AvgIpc) is 2.96. The molecule has 0 aliphatic carbocycles. The molecule has 1 saturated heterocycles. The molecule has 1 aliphatic heterocycles. The second-order valence-electron chi connectivity index (χ2n) is 6.92. The fourth-order valence-corrected chi connectivity index (χ4v) is 5.76. The number of halogens is 3. The topological polar surface area (TPSA) is 66.1 Å². The van der Waals surface area contributed by atoms with Crippen molar-refractivity contribution in [3.8, 4) is 0 Å². The summed E-state index contributed by atoms with van der Waals surface area (Å²) in [6.45, 7) is 3.73. The van der Waals surface area contributed by atoms with Gasteiger partial charge < -0.3 is 0 Å². The summed E-state index contributed by atoms with van der Waals surface area (Å²) in [6.07, 6.45) is -1.75. The standard InChI is InChI=1S/C18H22ClF2N3O2S/c1-11-17(12(2)23-22-11)27(25,26)24-9-7-14(8-10-24)16(18(20)21)13-3-5-15(19)6-4-13/h3-6,14,16,18H,7-10H2,1-2H3,(H,22,23). The second kappa shape index (κ2) is 7.85. The zero-order valence-electron chi connectivity index (χ0n) is 15.1. The Hall–Kier alpha value is -1.51. The first-order valence-electron chi connectivity index (χ1n) is 8.77. The molecule has 5 nitrogen and oxygen atoms in total. The van der Waals surface area contributed by atoms with Crippen LogP contribution in [0.25, 0.3) is 0 Å². The third-order valence-corrected chi connectivity index (χ3v) is 7.61. The van der Waals surface area contributed by atoms with Gasteiger partial charge in [-0.05, 0) is 50.3 Å². The molecule has 0 bridgehead atoms. The lowest BCUT2D eigenvalue weighted by Gasteiger charge is -2.35. The van der Waals surface area contributed by atoms with Crippen LogP contribution in [0.4, 0.5) is 8.78 Å². The van der Waals surface area contributed by atoms with Crippen LogP contribution in [0.15, 0.2) is 29.2 Å². The van der Waals surface area contributed by atoms with Crippen LogP contribution >= 0.6 is 11.6 Å². The van der Waals surface area contributed by atoms with E-state index in [0.29, 0.717) is 34.8 Å². The number of nitrogens with one attached hydrogen (secondary N) is 1. The van der Waals surface area contributed by atoms with Crippen molar-refractivity contribution in [2.24, 2.45) is 5.92 Å². The number of aryl methyl sites for hydroxylation is 2. The third kappa shape index (κ3) is 4.02. The summed E-state index contributed by atoms with van der Waals surface area (Å²) in [6, 6.07) is 6.47. The number of nitrogens with zero attached hydrogens (tertiary/aromatic N) is 2. The predicted molar refractivity (Wildman–Crippen MR) is 99.7 cm³/mol. The minimum absolute atomic E-state index is 0.184. The fourth-order valence-electron chi connectivity index (χ4n) is 3.83. The molecule has 1 atom stereocenters. The number of hydrogen-bond donors (Lipinski definition) is 1. The van der Waals surface area contributed by atoms with Crippen LogP contribution in [0.1, 0.15) is 35.7 Å². The van der Waals surface area contributed by atoms with E-state index in [9.17, 15) is 17.2 Å². The van der Waals surface area contributed by atoms with Gasteiger partial charge in [0.25, 0.3) is 0 Å². The number of H-pyrrole nitrogens is 1. The number of rotatable bonds is 5. The zero-order chi connectivity index (χ0) is 19.8. The summed E-state index contributed by atoms with van der Waals surface area (Å²) in [4.78, 5) is 0.184. The van der Waals surface area contributed by atoms with Gasteiger partial charge in [0.15, 0.2) is 0 Å². The molecule has 0 saturated carbocycles. The minimum atomic E-state index is -3.69. The lowest BCUT2D eigenvalue weighted by molar-refractivity contribution is 0.0699. The molecule has 1 unspecified atom stereocenters. The van der Waals surface area contributed by atoms with Gasteiger partial charge in [-0.1, -0.05) is 23.7 Å². The van der Waals surface area contributed by atoms with Gasteiger partial charge in [0.1, 0.15) is 4.90 Å². The molecule has 1 aliphatic rings. The van der Waals surface area contributed by atoms with Crippen LogP contribution in [0, 0.1) is 19.8 Å². The van der Waals surface area contributed by atoms with Gasteiger partial charge in [0.2, 0.25) is 16.4 Å². The first-order valence-corrected chi connectivity index (χ1v) is 10.6. The van der Waals surface area contributed by atoms with Crippen LogP contribution < -0.4 is 0 Å². The van der Waals surface area contributed by atoms with Gasteiger partial charge in [-0.3, -0.25) is 5.10 Å². The number of alkyl halides is 2. The predicted octanol–water partition coefficient (Wildman–Crippen LogP) is 4.13. The van der Waals surface area contributed by atoms with Crippen LogP contribution in [-0.4, -0.2) is 42.4 Å². The number of aromatic amines is 1. The van der Waals surface area contributed by atoms with E-state index in [0.717, 1.165) is 0 Å². The Labute approximate surface area is 162 Å². The molecular formula is C18H22ClF2N3O2S. The Morgan fingerprint density at radius 3 is 2.26 bits per heavy atom. The molecule has 1 aromatic carbocycles. The normalized spacial score (nSPS) is 18.1. The molecule has 1 aromatic heterocycles. The highest BCUT2D eigenvalue weighted by Gasteiger charge is 2.38. The summed E-state index contributed by atoms with van der Waals surface area (Å²) in [7, 11) is -3.69. The maximum absolute atomic E-state index is 13.8. The Morgan fingerprint density at radius 2 is 1.78 bits per heavy atom. The Balaban J connectivity index is 1.76. The molecule has 1 N–H and O–H groups in total. The van der Waals surface area contributed by atoms with Crippen molar-refractivity contribution in [1.82, 2.24) is 14.5 Å². The average molecular weight is 418 g/mol. The third-order valence-electron chi connectivity index (χ3n) is 5.19. The Morgan fingerprint density at radius 1 is 1.19 bits per heavy atom. The first kappa shape index (κ1) is 20.2. The van der Waals surface area contributed by atoms with E-state index in [1.54, 1.807) is 38.1 Å². The Kier molecular flexibility index (Phi) is 5.88. The molecule has 9 heteroatoms. The van der Waals surface area contributed by atoms with E-state index in [2.05, 4.69) is 10.2 Å². The summed E-state index contributed by atoms with van der Waals surface area (Å²) >= 11 is 5.86. The SMILES string of the molecule is Cc1n[nH]c(C)c1S(=O)(=O)N1CCC(C(c2ccc(Cl)cc2)C(F)F)CC1. The molecule has 2 heterocycles. The van der Waals surface area contributed by atoms with E-state index in [4.69, 9.17) is 11.6 Å². The molecule has 27 heavy (non-hydrogen) atoms. The number of benzene rings is 1. The summed E-state index contributed by atoms with van der Waals surface area (Å²) in [5, 5.41) is 7.13. The number of hydrogen-bond acceptors (Lipinski definition) is 3. The molecule has 0 amide bonds. The van der Waals surface area contributed by atoms with Gasteiger partial charge in [-0.15, -0.1) is 0 Å². The lowest BCUT2D eigenvalue weighted by Crippen LogP contribution is -2.40. The largest absolute Gasteiger partial charge is 0.281 e. The van der Waals surface area contributed by atoms with Gasteiger partial charge in [-0.2, -0.15) is 9.40 Å².